The van der Waals surface area contributed by atoms with Gasteiger partial charge >= 0.3 is 0 Å². The Bertz CT molecular complexity index is 556. The van der Waals surface area contributed by atoms with E-state index < -0.39 is 5.79 Å². The zero-order chi connectivity index (χ0) is 14.0. The van der Waals surface area contributed by atoms with Crippen molar-refractivity contribution in [2.45, 2.75) is 25.4 Å². The molecule has 20 heavy (non-hydrogen) atoms. The summed E-state index contributed by atoms with van der Waals surface area (Å²) in [6.07, 6.45) is 3.20. The standard InChI is InChI=1S/C14H17N3O3/c1-11-7-19-14(20-11,8-17-10-15-9-16-17)12-3-5-13(18-2)6-4-12/h3-6,9-11H,7-8H2,1-2H3/t11-,14?/m1/s1. The molecule has 1 aromatic heterocycles. The molecule has 2 heterocycles. The van der Waals surface area contributed by atoms with Crippen molar-refractivity contribution in [1.82, 2.24) is 14.8 Å². The van der Waals surface area contributed by atoms with E-state index in [9.17, 15) is 0 Å². The normalized spacial score (nSPS) is 25.8. The van der Waals surface area contributed by atoms with Gasteiger partial charge in [-0.15, -0.1) is 0 Å². The van der Waals surface area contributed by atoms with E-state index in [0.717, 1.165) is 11.3 Å². The van der Waals surface area contributed by atoms with Crippen molar-refractivity contribution in [3.8, 4) is 5.75 Å². The number of ether oxygens (including phenoxy) is 3. The molecule has 2 aromatic rings. The predicted octanol–water partition coefficient (Wildman–Crippen LogP) is 1.57. The fraction of sp³-hybridized carbons (Fsp3) is 0.429. The first-order chi connectivity index (χ1) is 9.72. The van der Waals surface area contributed by atoms with Crippen molar-refractivity contribution in [1.29, 1.82) is 0 Å². The Labute approximate surface area is 117 Å². The maximum Gasteiger partial charge on any atom is 0.215 e. The molecule has 6 heteroatoms. The van der Waals surface area contributed by atoms with Crippen LogP contribution < -0.4 is 4.74 Å². The predicted molar refractivity (Wildman–Crippen MR) is 71.2 cm³/mol. The minimum Gasteiger partial charge on any atom is -0.497 e. The van der Waals surface area contributed by atoms with Crippen LogP contribution in [-0.4, -0.2) is 34.6 Å². The van der Waals surface area contributed by atoms with Gasteiger partial charge in [0.2, 0.25) is 5.79 Å². The Morgan fingerprint density at radius 2 is 2.20 bits per heavy atom. The third-order valence-corrected chi connectivity index (χ3v) is 3.31. The molecule has 1 aliphatic heterocycles. The van der Waals surface area contributed by atoms with Crippen LogP contribution in [0, 0.1) is 0 Å². The smallest absolute Gasteiger partial charge is 0.215 e. The summed E-state index contributed by atoms with van der Waals surface area (Å²) in [5.74, 6) is -0.0185. The lowest BCUT2D eigenvalue weighted by atomic mass is 10.1. The van der Waals surface area contributed by atoms with E-state index in [1.165, 1.54) is 6.33 Å². The molecule has 3 rings (SSSR count). The lowest BCUT2D eigenvalue weighted by Crippen LogP contribution is -2.33. The van der Waals surface area contributed by atoms with Crippen LogP contribution in [0.15, 0.2) is 36.9 Å². The van der Waals surface area contributed by atoms with E-state index in [-0.39, 0.29) is 6.10 Å². The van der Waals surface area contributed by atoms with Crippen LogP contribution in [-0.2, 0) is 21.8 Å². The van der Waals surface area contributed by atoms with E-state index >= 15 is 0 Å². The fourth-order valence-electron chi connectivity index (χ4n) is 2.34. The second-order valence-electron chi connectivity index (χ2n) is 4.81. The van der Waals surface area contributed by atoms with E-state index in [1.807, 2.05) is 31.2 Å². The first-order valence-corrected chi connectivity index (χ1v) is 6.50. The first kappa shape index (κ1) is 13.1. The lowest BCUT2D eigenvalue weighted by Gasteiger charge is -2.28. The largest absolute Gasteiger partial charge is 0.497 e. The molecule has 1 saturated heterocycles. The minimum atomic E-state index is -0.820. The van der Waals surface area contributed by atoms with E-state index in [4.69, 9.17) is 14.2 Å². The van der Waals surface area contributed by atoms with Gasteiger partial charge in [0, 0.05) is 5.56 Å². The third kappa shape index (κ3) is 2.39. The molecule has 1 fully saturated rings. The summed E-state index contributed by atoms with van der Waals surface area (Å²) >= 11 is 0. The van der Waals surface area contributed by atoms with Gasteiger partial charge in [-0.3, -0.25) is 0 Å². The maximum absolute atomic E-state index is 6.03. The van der Waals surface area contributed by atoms with E-state index in [2.05, 4.69) is 10.1 Å². The molecule has 0 bridgehead atoms. The van der Waals surface area contributed by atoms with Crippen LogP contribution in [0.2, 0.25) is 0 Å². The molecule has 2 atom stereocenters. The van der Waals surface area contributed by atoms with Crippen molar-refractivity contribution in [3.05, 3.63) is 42.5 Å². The molecule has 1 aromatic carbocycles. The summed E-state index contributed by atoms with van der Waals surface area (Å²) in [6.45, 7) is 3.01. The zero-order valence-corrected chi connectivity index (χ0v) is 11.5. The first-order valence-electron chi connectivity index (χ1n) is 6.50. The SMILES string of the molecule is COc1ccc(C2(Cn3cncn3)OC[C@@H](C)O2)cc1. The molecule has 0 spiro atoms. The van der Waals surface area contributed by atoms with E-state index in [0.29, 0.717) is 13.2 Å². The maximum atomic E-state index is 6.03. The van der Waals surface area contributed by atoms with Crippen molar-refractivity contribution >= 4 is 0 Å². The molecule has 1 unspecified atom stereocenters. The average Bonchev–Trinajstić information content (AvgIpc) is 3.10. The summed E-state index contributed by atoms with van der Waals surface area (Å²) in [5, 5.41) is 4.13. The molecular weight excluding hydrogens is 258 g/mol. The molecule has 6 nitrogen and oxygen atoms in total. The van der Waals surface area contributed by atoms with Gasteiger partial charge in [-0.05, 0) is 31.2 Å². The van der Waals surface area contributed by atoms with E-state index in [1.54, 1.807) is 18.1 Å². The Hall–Kier alpha value is -1.92. The van der Waals surface area contributed by atoms with Crippen LogP contribution in [0.25, 0.3) is 0 Å². The minimum absolute atomic E-state index is 0.0422. The number of benzene rings is 1. The number of hydrogen-bond acceptors (Lipinski definition) is 5. The molecule has 0 saturated carbocycles. The Morgan fingerprint density at radius 3 is 2.75 bits per heavy atom. The van der Waals surface area contributed by atoms with Crippen LogP contribution in [0.3, 0.4) is 0 Å². The summed E-state index contributed by atoms with van der Waals surface area (Å²) in [4.78, 5) is 3.96. The van der Waals surface area contributed by atoms with Gasteiger partial charge in [-0.25, -0.2) is 9.67 Å². The van der Waals surface area contributed by atoms with Gasteiger partial charge in [0.15, 0.2) is 0 Å². The number of rotatable bonds is 4. The van der Waals surface area contributed by atoms with Gasteiger partial charge < -0.3 is 14.2 Å². The summed E-state index contributed by atoms with van der Waals surface area (Å²) < 4.78 is 18.9. The monoisotopic (exact) mass is 275 g/mol. The highest BCUT2D eigenvalue weighted by Gasteiger charge is 2.42. The second kappa shape index (κ2) is 5.22. The number of aromatic nitrogens is 3. The van der Waals surface area contributed by atoms with Crippen LogP contribution >= 0.6 is 0 Å². The van der Waals surface area contributed by atoms with Crippen LogP contribution in [0.5, 0.6) is 5.75 Å². The third-order valence-electron chi connectivity index (χ3n) is 3.31. The topological polar surface area (TPSA) is 58.4 Å². The summed E-state index contributed by atoms with van der Waals surface area (Å²) in [5.41, 5.74) is 0.943. The van der Waals surface area contributed by atoms with Gasteiger partial charge in [0.05, 0.1) is 19.8 Å². The lowest BCUT2D eigenvalue weighted by molar-refractivity contribution is -0.186. The molecule has 106 valence electrons. The second-order valence-corrected chi connectivity index (χ2v) is 4.81. The molecule has 0 amide bonds. The average molecular weight is 275 g/mol. The molecule has 0 N–H and O–H groups in total. The highest BCUT2D eigenvalue weighted by molar-refractivity contribution is 5.30. The zero-order valence-electron chi connectivity index (χ0n) is 11.5. The number of hydrogen-bond donors (Lipinski definition) is 0. The molecule has 0 radical (unpaired) electrons. The van der Waals surface area contributed by atoms with Gasteiger partial charge in [0.25, 0.3) is 0 Å². The highest BCUT2D eigenvalue weighted by atomic mass is 16.7. The Balaban J connectivity index is 1.92. The van der Waals surface area contributed by atoms with Crippen LogP contribution in [0.4, 0.5) is 0 Å². The van der Waals surface area contributed by atoms with Gasteiger partial charge in [0.1, 0.15) is 24.9 Å². The van der Waals surface area contributed by atoms with Crippen LogP contribution in [0.1, 0.15) is 12.5 Å². The number of nitrogens with zero attached hydrogens (tertiary/aromatic N) is 3. The Morgan fingerprint density at radius 1 is 1.40 bits per heavy atom. The van der Waals surface area contributed by atoms with Gasteiger partial charge in [-0.1, -0.05) is 0 Å². The van der Waals surface area contributed by atoms with Crippen molar-refractivity contribution in [2.24, 2.45) is 0 Å². The Kier molecular flexibility index (Phi) is 3.42. The molecular formula is C14H17N3O3. The van der Waals surface area contributed by atoms with Crippen molar-refractivity contribution < 1.29 is 14.2 Å². The summed E-state index contributed by atoms with van der Waals surface area (Å²) in [6, 6.07) is 7.70. The number of methoxy groups -OCH3 is 1. The quantitative estimate of drug-likeness (QED) is 0.847. The molecule has 1 aliphatic rings. The highest BCUT2D eigenvalue weighted by Crippen LogP contribution is 2.36. The molecule has 0 aliphatic carbocycles. The summed E-state index contributed by atoms with van der Waals surface area (Å²) in [7, 11) is 1.64. The van der Waals surface area contributed by atoms with Crippen molar-refractivity contribution in [2.75, 3.05) is 13.7 Å². The fourth-order valence-corrected chi connectivity index (χ4v) is 2.34. The van der Waals surface area contributed by atoms with Gasteiger partial charge in [-0.2, -0.15) is 5.10 Å². The van der Waals surface area contributed by atoms with Crippen molar-refractivity contribution in [3.63, 3.8) is 0 Å².